The largest absolute Gasteiger partial charge is 0.372 e. The minimum Gasteiger partial charge on any atom is -0.372 e. The smallest absolute Gasteiger partial charge is 0.246 e. The number of aryl methyl sites for hydroxylation is 1. The molecule has 30 heavy (non-hydrogen) atoms. The van der Waals surface area contributed by atoms with Gasteiger partial charge in [-0.2, -0.15) is 0 Å². The van der Waals surface area contributed by atoms with Crippen LogP contribution in [0.15, 0.2) is 49.1 Å². The molecule has 156 valence electrons. The van der Waals surface area contributed by atoms with E-state index in [4.69, 9.17) is 15.7 Å². The Morgan fingerprint density at radius 1 is 1.30 bits per heavy atom. The van der Waals surface area contributed by atoms with Crippen LogP contribution in [-0.2, 0) is 20.5 Å². The first kappa shape index (κ1) is 16.9. The zero-order valence-corrected chi connectivity index (χ0v) is 18.0. The van der Waals surface area contributed by atoms with E-state index in [9.17, 15) is 9.59 Å². The zero-order chi connectivity index (χ0) is 24.3. The Morgan fingerprint density at radius 3 is 2.67 bits per heavy atom. The van der Waals surface area contributed by atoms with Gasteiger partial charge >= 0.3 is 0 Å². The molecule has 0 saturated carbocycles. The van der Waals surface area contributed by atoms with Gasteiger partial charge in [-0.15, -0.1) is 0 Å². The predicted octanol–water partition coefficient (Wildman–Crippen LogP) is 4.24. The van der Waals surface area contributed by atoms with Crippen molar-refractivity contribution in [3.8, 4) is 0 Å². The topological polar surface area (TPSA) is 52.7 Å². The summed E-state index contributed by atoms with van der Waals surface area (Å²) in [6.07, 6.45) is 1.28. The van der Waals surface area contributed by atoms with Gasteiger partial charge < -0.3 is 15.1 Å². The van der Waals surface area contributed by atoms with Crippen molar-refractivity contribution in [3.05, 3.63) is 70.8 Å². The van der Waals surface area contributed by atoms with E-state index >= 15 is 0 Å². The molecular weight excluding hydrogens is 398 g/mol. The number of hydrogen-bond acceptors (Lipinski definition) is 3. The van der Waals surface area contributed by atoms with E-state index in [0.29, 0.717) is 35.1 Å². The first-order chi connectivity index (χ1) is 15.3. The number of benzene rings is 2. The number of carbonyl (C=O) groups is 2. The predicted molar refractivity (Wildman–Crippen MR) is 121 cm³/mol. The number of nitrogens with zero attached hydrogens (tertiary/aromatic N) is 2. The molecule has 4 rings (SSSR count). The van der Waals surface area contributed by atoms with E-state index < -0.39 is 23.8 Å². The average Bonchev–Trinajstić information content (AvgIpc) is 2.89. The van der Waals surface area contributed by atoms with Gasteiger partial charge in [0, 0.05) is 33.0 Å². The highest BCUT2D eigenvalue weighted by Crippen LogP contribution is 2.45. The molecular formula is C24H26ClN3O2. The molecule has 2 aromatic carbocycles. The van der Waals surface area contributed by atoms with Gasteiger partial charge in [-0.25, -0.2) is 0 Å². The number of rotatable bonds is 4. The Balaban J connectivity index is 1.78. The molecule has 1 fully saturated rings. The van der Waals surface area contributed by atoms with Crippen molar-refractivity contribution in [3.63, 3.8) is 0 Å². The molecule has 2 amide bonds. The highest BCUT2D eigenvalue weighted by molar-refractivity contribution is 6.31. The van der Waals surface area contributed by atoms with Gasteiger partial charge in [0.15, 0.2) is 0 Å². The maximum Gasteiger partial charge on any atom is 0.246 e. The average molecular weight is 427 g/mol. The highest BCUT2D eigenvalue weighted by atomic mass is 35.5. The Kier molecular flexibility index (Phi) is 3.89. The fourth-order valence-corrected chi connectivity index (χ4v) is 4.93. The van der Waals surface area contributed by atoms with E-state index in [1.165, 1.54) is 6.08 Å². The van der Waals surface area contributed by atoms with Crippen LogP contribution < -0.4 is 10.2 Å². The second kappa shape index (κ2) is 6.88. The van der Waals surface area contributed by atoms with Crippen LogP contribution >= 0.6 is 11.6 Å². The molecule has 0 atom stereocenters. The number of amides is 2. The fourth-order valence-electron chi connectivity index (χ4n) is 4.53. The molecule has 0 bridgehead atoms. The Labute approximate surface area is 186 Å². The molecule has 2 heterocycles. The van der Waals surface area contributed by atoms with E-state index in [1.54, 1.807) is 30.9 Å². The first-order valence-corrected chi connectivity index (χ1v) is 10.1. The van der Waals surface area contributed by atoms with E-state index in [2.05, 4.69) is 11.9 Å². The van der Waals surface area contributed by atoms with Crippen LogP contribution in [-0.4, -0.2) is 36.8 Å². The van der Waals surface area contributed by atoms with Crippen molar-refractivity contribution in [2.75, 3.05) is 30.3 Å². The molecule has 2 aromatic rings. The molecule has 0 aliphatic carbocycles. The van der Waals surface area contributed by atoms with Gasteiger partial charge in [0.05, 0.1) is 24.0 Å². The molecule has 6 heteroatoms. The second-order valence-electron chi connectivity index (χ2n) is 8.53. The van der Waals surface area contributed by atoms with Gasteiger partial charge in [-0.3, -0.25) is 9.59 Å². The van der Waals surface area contributed by atoms with Crippen molar-refractivity contribution in [1.82, 2.24) is 4.90 Å². The van der Waals surface area contributed by atoms with Gasteiger partial charge in [-0.1, -0.05) is 36.4 Å². The quantitative estimate of drug-likeness (QED) is 0.744. The lowest BCUT2D eigenvalue weighted by molar-refractivity contribution is -0.132. The third kappa shape index (κ3) is 2.91. The van der Waals surface area contributed by atoms with Crippen LogP contribution in [0.5, 0.6) is 0 Å². The van der Waals surface area contributed by atoms with E-state index in [1.807, 2.05) is 31.2 Å². The Hall–Kier alpha value is -2.79. The molecule has 5 nitrogen and oxygen atoms in total. The number of halogens is 1. The van der Waals surface area contributed by atoms with Crippen LogP contribution in [0, 0.1) is 6.92 Å². The van der Waals surface area contributed by atoms with Gasteiger partial charge in [0.25, 0.3) is 0 Å². The molecule has 0 unspecified atom stereocenters. The van der Waals surface area contributed by atoms with Crippen LogP contribution in [0.4, 0.5) is 11.4 Å². The summed E-state index contributed by atoms with van der Waals surface area (Å²) in [5.74, 6) is -0.635. The van der Waals surface area contributed by atoms with Crippen LogP contribution in [0.1, 0.15) is 34.7 Å². The van der Waals surface area contributed by atoms with Gasteiger partial charge in [-0.05, 0) is 56.2 Å². The van der Waals surface area contributed by atoms with Crippen LogP contribution in [0.25, 0.3) is 0 Å². The number of fused-ring (bicyclic) bond motifs is 1. The normalized spacial score (nSPS) is 20.5. The zero-order valence-electron chi connectivity index (χ0n) is 20.3. The molecule has 0 spiro atoms. The fraction of sp³-hybridized carbons (Fsp3) is 0.333. The summed E-state index contributed by atoms with van der Waals surface area (Å²) < 4.78 is 23.7. The number of anilines is 2. The van der Waals surface area contributed by atoms with E-state index in [-0.39, 0.29) is 5.91 Å². The summed E-state index contributed by atoms with van der Waals surface area (Å²) in [6, 6.07) is 11.0. The minimum absolute atomic E-state index is 0.174. The molecule has 1 saturated heterocycles. The summed E-state index contributed by atoms with van der Waals surface area (Å²) in [5.41, 5.74) is 1.90. The third-order valence-electron chi connectivity index (χ3n) is 6.14. The van der Waals surface area contributed by atoms with Crippen LogP contribution in [0.2, 0.25) is 5.02 Å². The second-order valence-corrected chi connectivity index (χ2v) is 8.94. The van der Waals surface area contributed by atoms with Gasteiger partial charge in [0.1, 0.15) is 0 Å². The summed E-state index contributed by atoms with van der Waals surface area (Å²) >= 11 is 6.60. The lowest BCUT2D eigenvalue weighted by Gasteiger charge is -2.52. The monoisotopic (exact) mass is 426 g/mol. The third-order valence-corrected chi connectivity index (χ3v) is 6.46. The Bertz CT molecular complexity index is 1150. The lowest BCUT2D eigenvalue weighted by atomic mass is 9.79. The van der Waals surface area contributed by atoms with Crippen molar-refractivity contribution in [2.24, 2.45) is 0 Å². The maximum atomic E-state index is 12.9. The number of likely N-dealkylation sites (N-methyl/N-ethyl adjacent to an activating group) is 1. The van der Waals surface area contributed by atoms with Crippen LogP contribution in [0.3, 0.4) is 0 Å². The van der Waals surface area contributed by atoms with Crippen molar-refractivity contribution < 1.29 is 13.7 Å². The number of hydrogen-bond donors (Lipinski definition) is 1. The summed E-state index contributed by atoms with van der Waals surface area (Å²) in [6.45, 7) is 7.12. The summed E-state index contributed by atoms with van der Waals surface area (Å²) in [7, 11) is 0. The summed E-state index contributed by atoms with van der Waals surface area (Å²) in [5, 5.41) is 4.09. The molecule has 2 aliphatic heterocycles. The molecule has 1 N–H and O–H groups in total. The maximum absolute atomic E-state index is 12.9. The van der Waals surface area contributed by atoms with Crippen molar-refractivity contribution in [2.45, 2.75) is 31.7 Å². The molecule has 2 aliphatic rings. The standard InChI is InChI=1S/C24H26ClN3O2/c1-6-20(29)28-13-24(14-28,21-15(2)8-7-9-18(21)25)26-16-10-11-17-19(12-16)27(5)22(30)23(17,3)4/h6-12,26H,1,13-14H2,2-5H3/i5D3. The first-order valence-electron chi connectivity index (χ1n) is 11.3. The number of likely N-dealkylation sites (tertiary alicyclic amines) is 1. The minimum atomic E-state index is -2.60. The Morgan fingerprint density at radius 2 is 2.03 bits per heavy atom. The summed E-state index contributed by atoms with van der Waals surface area (Å²) in [4.78, 5) is 27.7. The molecule has 0 aromatic heterocycles. The number of nitrogens with one attached hydrogen (secondary N) is 1. The van der Waals surface area contributed by atoms with E-state index in [0.717, 1.165) is 16.0 Å². The highest BCUT2D eigenvalue weighted by Gasteiger charge is 2.48. The molecule has 0 radical (unpaired) electrons. The van der Waals surface area contributed by atoms with Crippen molar-refractivity contribution >= 4 is 34.8 Å². The SMILES string of the molecule is [2H]C([2H])([2H])N1C(=O)C(C)(C)c2ccc(NC3(c4c(C)cccc4Cl)CN(C(=O)C=C)C3)cc21. The van der Waals surface area contributed by atoms with Crippen molar-refractivity contribution in [1.29, 1.82) is 0 Å². The number of carbonyl (C=O) groups excluding carboxylic acids is 2. The lowest BCUT2D eigenvalue weighted by Crippen LogP contribution is -2.65. The van der Waals surface area contributed by atoms with Gasteiger partial charge in [0.2, 0.25) is 11.8 Å².